The molecule has 1 aromatic heterocycles. The predicted molar refractivity (Wildman–Crippen MR) is 103 cm³/mol. The second-order valence-electron chi connectivity index (χ2n) is 8.83. The highest BCUT2D eigenvalue weighted by molar-refractivity contribution is 6.03. The van der Waals surface area contributed by atoms with E-state index in [4.69, 9.17) is 16.2 Å². The third kappa shape index (κ3) is 3.34. The first-order valence-corrected chi connectivity index (χ1v) is 10.6. The van der Waals surface area contributed by atoms with Gasteiger partial charge in [-0.3, -0.25) is 19.2 Å². The van der Waals surface area contributed by atoms with Crippen LogP contribution in [0.5, 0.6) is 0 Å². The number of ether oxygens (including phenoxy) is 1. The number of hydrogen-bond acceptors (Lipinski definition) is 7. The number of carbonyl (C=O) groups excluding carboxylic acids is 4. The molecule has 4 aliphatic rings. The molecule has 3 aliphatic heterocycles. The lowest BCUT2D eigenvalue weighted by molar-refractivity contribution is -0.162. The summed E-state index contributed by atoms with van der Waals surface area (Å²) < 4.78 is 7.22. The van der Waals surface area contributed by atoms with E-state index in [9.17, 15) is 19.2 Å². The molecule has 4 N–H and O–H groups in total. The Bertz CT molecular complexity index is 957. The molecule has 31 heavy (non-hydrogen) atoms. The van der Waals surface area contributed by atoms with Gasteiger partial charge in [-0.05, 0) is 31.6 Å². The number of hydrogen-bond donors (Lipinski definition) is 2. The van der Waals surface area contributed by atoms with Gasteiger partial charge in [0.1, 0.15) is 12.1 Å². The van der Waals surface area contributed by atoms with Gasteiger partial charge in [0.15, 0.2) is 11.4 Å². The average Bonchev–Trinajstić information content (AvgIpc) is 3.29. The summed E-state index contributed by atoms with van der Waals surface area (Å²) in [5.41, 5.74) is 10.2. The summed E-state index contributed by atoms with van der Waals surface area (Å²) in [5.74, 6) is -1.35. The van der Waals surface area contributed by atoms with E-state index < -0.39 is 29.9 Å². The highest BCUT2D eigenvalue weighted by Gasteiger charge is 2.52. The number of primary amides is 2. The third-order valence-electron chi connectivity index (χ3n) is 6.75. The minimum absolute atomic E-state index is 0.0629. The van der Waals surface area contributed by atoms with Crippen molar-refractivity contribution in [3.8, 4) is 0 Å². The minimum Gasteiger partial charge on any atom is -0.376 e. The summed E-state index contributed by atoms with van der Waals surface area (Å²) in [7, 11) is 0. The molecular formula is C19H25N7O5. The van der Waals surface area contributed by atoms with E-state index in [1.807, 2.05) is 0 Å². The van der Waals surface area contributed by atoms with Gasteiger partial charge in [0, 0.05) is 26.1 Å². The predicted octanol–water partition coefficient (Wildman–Crippen LogP) is -1.58. The van der Waals surface area contributed by atoms with Crippen molar-refractivity contribution in [2.45, 2.75) is 56.3 Å². The van der Waals surface area contributed by atoms with E-state index in [0.717, 1.165) is 0 Å². The Balaban J connectivity index is 1.34. The van der Waals surface area contributed by atoms with Crippen LogP contribution < -0.4 is 11.5 Å². The second kappa shape index (κ2) is 7.29. The Morgan fingerprint density at radius 2 is 1.71 bits per heavy atom. The van der Waals surface area contributed by atoms with Gasteiger partial charge < -0.3 is 26.0 Å². The lowest BCUT2D eigenvalue weighted by atomic mass is 9.92. The molecule has 5 rings (SSSR count). The summed E-state index contributed by atoms with van der Waals surface area (Å²) in [6, 6.07) is -1.55. The first kappa shape index (κ1) is 19.9. The van der Waals surface area contributed by atoms with Gasteiger partial charge in [0.25, 0.3) is 11.8 Å². The fourth-order valence-electron chi connectivity index (χ4n) is 4.95. The van der Waals surface area contributed by atoms with Crippen LogP contribution in [0.15, 0.2) is 0 Å². The van der Waals surface area contributed by atoms with Crippen LogP contribution in [-0.2, 0) is 14.3 Å². The van der Waals surface area contributed by atoms with E-state index in [1.165, 1.54) is 17.5 Å². The molecule has 3 saturated heterocycles. The number of rotatable bonds is 6. The molecule has 12 nitrogen and oxygen atoms in total. The first-order valence-electron chi connectivity index (χ1n) is 10.6. The highest BCUT2D eigenvalue weighted by Crippen LogP contribution is 2.37. The molecule has 4 fully saturated rings. The molecular weight excluding hydrogens is 406 g/mol. The van der Waals surface area contributed by atoms with Crippen LogP contribution in [0.2, 0.25) is 0 Å². The fourth-order valence-corrected chi connectivity index (χ4v) is 4.95. The van der Waals surface area contributed by atoms with Crippen LogP contribution in [-0.4, -0.2) is 86.3 Å². The lowest BCUT2D eigenvalue weighted by Gasteiger charge is -2.46. The summed E-state index contributed by atoms with van der Waals surface area (Å²) in [5, 5.41) is 7.60. The van der Waals surface area contributed by atoms with Crippen molar-refractivity contribution >= 4 is 23.6 Å². The van der Waals surface area contributed by atoms with E-state index in [1.54, 1.807) is 9.80 Å². The number of carbonyl (C=O) groups is 4. The van der Waals surface area contributed by atoms with Crippen LogP contribution in [0, 0.1) is 5.92 Å². The Kier molecular flexibility index (Phi) is 4.68. The summed E-state index contributed by atoms with van der Waals surface area (Å²) in [6.07, 6.45) is 3.48. The van der Waals surface area contributed by atoms with Crippen molar-refractivity contribution in [3.63, 3.8) is 0 Å². The molecule has 1 aliphatic carbocycles. The van der Waals surface area contributed by atoms with Gasteiger partial charge in [-0.15, -0.1) is 5.10 Å². The quantitative estimate of drug-likeness (QED) is 0.548. The standard InChI is InChI=1S/C19H25N7O5/c20-16(27)14-15(17(21)28)26(23-22-14)10-3-4-24-12(5-10)19(30)25-7-11(6-13(25)18(24)29)31-8-9-1-2-9/h9-13H,1-8H2,(H2,20,27)(H2,21,28). The van der Waals surface area contributed by atoms with Crippen molar-refractivity contribution < 1.29 is 23.9 Å². The molecule has 4 amide bonds. The van der Waals surface area contributed by atoms with Gasteiger partial charge in [0.05, 0.1) is 12.1 Å². The van der Waals surface area contributed by atoms with Gasteiger partial charge in [-0.2, -0.15) is 0 Å². The number of piperidine rings is 1. The van der Waals surface area contributed by atoms with Crippen molar-refractivity contribution in [1.29, 1.82) is 0 Å². The number of fused-ring (bicyclic) bond motifs is 2. The number of nitrogens with two attached hydrogens (primary N) is 2. The van der Waals surface area contributed by atoms with Crippen molar-refractivity contribution in [2.75, 3.05) is 19.7 Å². The smallest absolute Gasteiger partial charge is 0.271 e. The van der Waals surface area contributed by atoms with Crippen LogP contribution in [0.3, 0.4) is 0 Å². The third-order valence-corrected chi connectivity index (χ3v) is 6.75. The zero-order valence-corrected chi connectivity index (χ0v) is 17.0. The van der Waals surface area contributed by atoms with E-state index in [2.05, 4.69) is 10.3 Å². The Morgan fingerprint density at radius 3 is 2.39 bits per heavy atom. The summed E-state index contributed by atoms with van der Waals surface area (Å²) in [4.78, 5) is 53.1. The number of nitrogens with zero attached hydrogens (tertiary/aromatic N) is 5. The monoisotopic (exact) mass is 431 g/mol. The van der Waals surface area contributed by atoms with Crippen LogP contribution in [0.1, 0.15) is 59.1 Å². The van der Waals surface area contributed by atoms with Crippen molar-refractivity contribution in [2.24, 2.45) is 17.4 Å². The average molecular weight is 431 g/mol. The molecule has 12 heteroatoms. The maximum atomic E-state index is 13.3. The number of aromatic nitrogens is 3. The van der Waals surface area contributed by atoms with Crippen LogP contribution in [0.25, 0.3) is 0 Å². The van der Waals surface area contributed by atoms with Crippen LogP contribution >= 0.6 is 0 Å². The second-order valence-corrected chi connectivity index (χ2v) is 8.83. The molecule has 0 aromatic carbocycles. The Morgan fingerprint density at radius 1 is 1.00 bits per heavy atom. The highest BCUT2D eigenvalue weighted by atomic mass is 16.5. The topological polar surface area (TPSA) is 167 Å². The Hall–Kier alpha value is -3.02. The molecule has 4 unspecified atom stereocenters. The largest absolute Gasteiger partial charge is 0.376 e. The van der Waals surface area contributed by atoms with Gasteiger partial charge >= 0.3 is 0 Å². The zero-order valence-electron chi connectivity index (χ0n) is 17.0. The molecule has 4 atom stereocenters. The molecule has 1 saturated carbocycles. The maximum absolute atomic E-state index is 13.3. The number of amides is 4. The maximum Gasteiger partial charge on any atom is 0.271 e. The van der Waals surface area contributed by atoms with Crippen LogP contribution in [0.4, 0.5) is 0 Å². The van der Waals surface area contributed by atoms with Gasteiger partial charge in [-0.25, -0.2) is 4.68 Å². The molecule has 0 radical (unpaired) electrons. The van der Waals surface area contributed by atoms with Gasteiger partial charge in [-0.1, -0.05) is 5.21 Å². The molecule has 4 heterocycles. The first-order chi connectivity index (χ1) is 14.8. The fraction of sp³-hybridized carbons (Fsp3) is 0.684. The molecule has 0 spiro atoms. The summed E-state index contributed by atoms with van der Waals surface area (Å²) in [6.45, 7) is 1.44. The SMILES string of the molecule is NC(=O)c1nnn(C2CCN3C(=O)C4CC(OCC5CC5)CN4C(=O)C3C2)c1C(N)=O. The summed E-state index contributed by atoms with van der Waals surface area (Å²) >= 11 is 0. The van der Waals surface area contributed by atoms with E-state index in [-0.39, 0.29) is 35.7 Å². The normalized spacial score (nSPS) is 30.3. The lowest BCUT2D eigenvalue weighted by Crippen LogP contribution is -2.64. The van der Waals surface area contributed by atoms with Gasteiger partial charge in [0.2, 0.25) is 11.8 Å². The van der Waals surface area contributed by atoms with Crippen molar-refractivity contribution in [1.82, 2.24) is 24.8 Å². The zero-order chi connectivity index (χ0) is 21.9. The minimum atomic E-state index is -0.904. The molecule has 1 aromatic rings. The van der Waals surface area contributed by atoms with Crippen molar-refractivity contribution in [3.05, 3.63) is 11.4 Å². The van der Waals surface area contributed by atoms with E-state index >= 15 is 0 Å². The molecule has 166 valence electrons. The number of piperazine rings is 1. The van der Waals surface area contributed by atoms with E-state index in [0.29, 0.717) is 38.5 Å². The molecule has 0 bridgehead atoms. The Labute approximate surface area is 177 Å².